The lowest BCUT2D eigenvalue weighted by atomic mass is 10.2. The first-order valence-corrected chi connectivity index (χ1v) is 9.71. The van der Waals surface area contributed by atoms with Gasteiger partial charge in [-0.3, -0.25) is 14.5 Å². The molecule has 8 heteroatoms. The van der Waals surface area contributed by atoms with Crippen molar-refractivity contribution in [2.75, 3.05) is 0 Å². The molecule has 4 amide bonds. The molecule has 1 aromatic heterocycles. The van der Waals surface area contributed by atoms with Crippen LogP contribution >= 0.6 is 22.9 Å². The minimum Gasteiger partial charge on any atom is -0.263 e. The van der Waals surface area contributed by atoms with Crippen molar-refractivity contribution in [1.29, 1.82) is 0 Å². The number of aromatic nitrogens is 1. The molecule has 0 spiro atoms. The highest BCUT2D eigenvalue weighted by molar-refractivity contribution is 7.13. The largest absolute Gasteiger partial charge is 0.334 e. The van der Waals surface area contributed by atoms with Gasteiger partial charge in [0, 0.05) is 10.9 Å². The smallest absolute Gasteiger partial charge is 0.263 e. The first-order chi connectivity index (χ1) is 13.5. The van der Waals surface area contributed by atoms with Crippen molar-refractivity contribution in [2.24, 2.45) is 0 Å². The number of nitrogens with zero attached hydrogens (tertiary/aromatic N) is 3. The second-order valence-electron chi connectivity index (χ2n) is 6.17. The third-order valence-electron chi connectivity index (χ3n) is 4.29. The topological polar surface area (TPSA) is 70.6 Å². The number of carbonyl (C=O) groups is 3. The average molecular weight is 412 g/mol. The van der Waals surface area contributed by atoms with Crippen LogP contribution in [-0.2, 0) is 22.7 Å². The molecule has 1 fully saturated rings. The lowest BCUT2D eigenvalue weighted by Crippen LogP contribution is -2.32. The van der Waals surface area contributed by atoms with Crippen LogP contribution in [0, 0.1) is 0 Å². The quantitative estimate of drug-likeness (QED) is 0.470. The van der Waals surface area contributed by atoms with Gasteiger partial charge < -0.3 is 0 Å². The van der Waals surface area contributed by atoms with E-state index in [1.165, 1.54) is 11.3 Å². The van der Waals surface area contributed by atoms with Crippen molar-refractivity contribution in [3.05, 3.63) is 76.3 Å². The molecule has 0 unspecified atom stereocenters. The van der Waals surface area contributed by atoms with Gasteiger partial charge in [0.05, 0.1) is 23.8 Å². The van der Waals surface area contributed by atoms with Gasteiger partial charge in [-0.25, -0.2) is 14.7 Å². The van der Waals surface area contributed by atoms with E-state index in [0.29, 0.717) is 15.7 Å². The number of imide groups is 2. The minimum atomic E-state index is -0.840. The van der Waals surface area contributed by atoms with Crippen molar-refractivity contribution in [1.82, 2.24) is 14.8 Å². The molecule has 3 aromatic rings. The number of amides is 4. The van der Waals surface area contributed by atoms with Gasteiger partial charge in [-0.1, -0.05) is 60.1 Å². The Hall–Kier alpha value is -3.03. The van der Waals surface area contributed by atoms with Crippen LogP contribution in [0.5, 0.6) is 0 Å². The van der Waals surface area contributed by atoms with Gasteiger partial charge in [-0.15, -0.1) is 11.3 Å². The fourth-order valence-electron chi connectivity index (χ4n) is 2.90. The van der Waals surface area contributed by atoms with Crippen molar-refractivity contribution >= 4 is 40.8 Å². The number of halogens is 1. The number of urea groups is 1. The summed E-state index contributed by atoms with van der Waals surface area (Å²) in [6.07, 6.45) is 0. The molecule has 0 atom stereocenters. The molecule has 28 heavy (non-hydrogen) atoms. The lowest BCUT2D eigenvalue weighted by Gasteiger charge is -2.14. The first-order valence-electron chi connectivity index (χ1n) is 8.45. The highest BCUT2D eigenvalue weighted by Gasteiger charge is 2.44. The first kappa shape index (κ1) is 18.3. The number of benzene rings is 2. The summed E-state index contributed by atoms with van der Waals surface area (Å²) in [6.45, 7) is -0.00165. The van der Waals surface area contributed by atoms with Gasteiger partial charge in [0.25, 0.3) is 0 Å². The van der Waals surface area contributed by atoms with Gasteiger partial charge in [0.1, 0.15) is 5.01 Å². The van der Waals surface area contributed by atoms with Gasteiger partial charge in [0.15, 0.2) is 0 Å². The van der Waals surface area contributed by atoms with Crippen molar-refractivity contribution in [3.8, 4) is 10.6 Å². The van der Waals surface area contributed by atoms with Crippen LogP contribution in [0.3, 0.4) is 0 Å². The number of hydrogen-bond donors (Lipinski definition) is 0. The van der Waals surface area contributed by atoms with Gasteiger partial charge >= 0.3 is 17.8 Å². The fourth-order valence-corrected chi connectivity index (χ4v) is 4.03. The summed E-state index contributed by atoms with van der Waals surface area (Å²) in [5, 5.41) is 3.01. The maximum absolute atomic E-state index is 12.6. The third-order valence-corrected chi connectivity index (χ3v) is 5.55. The highest BCUT2D eigenvalue weighted by Crippen LogP contribution is 2.30. The van der Waals surface area contributed by atoms with Crippen LogP contribution in [0.2, 0.25) is 5.02 Å². The molecule has 6 nitrogen and oxygen atoms in total. The highest BCUT2D eigenvalue weighted by atomic mass is 35.5. The number of thiazole rings is 1. The third kappa shape index (κ3) is 3.42. The van der Waals surface area contributed by atoms with Gasteiger partial charge in [0.2, 0.25) is 0 Å². The van der Waals surface area contributed by atoms with Gasteiger partial charge in [-0.05, 0) is 11.6 Å². The SMILES string of the molecule is O=C1C(=O)N(Cc2csc(-c3ccccc3Cl)n2)C(=O)N1Cc1ccccc1. The number of hydrogen-bond acceptors (Lipinski definition) is 5. The van der Waals surface area contributed by atoms with Crippen LogP contribution in [0.25, 0.3) is 10.6 Å². The molecule has 1 saturated heterocycles. The minimum absolute atomic E-state index is 0.0582. The molecular weight excluding hydrogens is 398 g/mol. The molecule has 2 aromatic carbocycles. The van der Waals surface area contributed by atoms with E-state index in [1.807, 2.05) is 36.4 Å². The normalized spacial score (nSPS) is 14.2. The Labute approximate surface area is 170 Å². The summed E-state index contributed by atoms with van der Waals surface area (Å²) in [5.41, 5.74) is 2.07. The Kier molecular flexibility index (Phi) is 4.93. The van der Waals surface area contributed by atoms with Crippen LogP contribution < -0.4 is 0 Å². The summed E-state index contributed by atoms with van der Waals surface area (Å²) < 4.78 is 0. The summed E-state index contributed by atoms with van der Waals surface area (Å²) >= 11 is 7.56. The molecular formula is C20H14ClN3O3S. The predicted octanol–water partition coefficient (Wildman–Crippen LogP) is 3.95. The predicted molar refractivity (Wildman–Crippen MR) is 105 cm³/mol. The second kappa shape index (κ2) is 7.53. The lowest BCUT2D eigenvalue weighted by molar-refractivity contribution is -0.143. The van der Waals surface area contributed by atoms with E-state index in [-0.39, 0.29) is 13.1 Å². The van der Waals surface area contributed by atoms with E-state index in [1.54, 1.807) is 23.6 Å². The zero-order valence-electron chi connectivity index (χ0n) is 14.5. The van der Waals surface area contributed by atoms with Gasteiger partial charge in [-0.2, -0.15) is 0 Å². The molecule has 1 aliphatic heterocycles. The summed E-state index contributed by atoms with van der Waals surface area (Å²) in [6, 6.07) is 15.7. The molecule has 0 radical (unpaired) electrons. The molecule has 140 valence electrons. The summed E-state index contributed by atoms with van der Waals surface area (Å²) in [5.74, 6) is -1.66. The number of rotatable bonds is 5. The second-order valence-corrected chi connectivity index (χ2v) is 7.44. The standard InChI is InChI=1S/C20H14ClN3O3S/c21-16-9-5-4-8-15(16)17-22-14(12-28-17)11-24-19(26)18(25)23(20(24)27)10-13-6-2-1-3-7-13/h1-9,12H,10-11H2. The molecule has 0 saturated carbocycles. The number of carbonyl (C=O) groups excluding carboxylic acids is 3. The summed E-state index contributed by atoms with van der Waals surface area (Å²) in [7, 11) is 0. The molecule has 0 N–H and O–H groups in total. The van der Waals surface area contributed by atoms with E-state index in [9.17, 15) is 14.4 Å². The molecule has 4 rings (SSSR count). The zero-order chi connectivity index (χ0) is 19.7. The molecule has 0 aliphatic carbocycles. The Morgan fingerprint density at radius 2 is 1.50 bits per heavy atom. The van der Waals surface area contributed by atoms with Crippen molar-refractivity contribution in [2.45, 2.75) is 13.1 Å². The Balaban J connectivity index is 1.52. The van der Waals surface area contributed by atoms with Crippen LogP contribution in [0.1, 0.15) is 11.3 Å². The zero-order valence-corrected chi connectivity index (χ0v) is 16.1. The van der Waals surface area contributed by atoms with E-state index in [2.05, 4.69) is 4.98 Å². The van der Waals surface area contributed by atoms with Crippen LogP contribution in [-0.4, -0.2) is 32.6 Å². The molecule has 1 aliphatic rings. The van der Waals surface area contributed by atoms with E-state index >= 15 is 0 Å². The van der Waals surface area contributed by atoms with Crippen LogP contribution in [0.4, 0.5) is 4.79 Å². The Morgan fingerprint density at radius 3 is 2.21 bits per heavy atom. The van der Waals surface area contributed by atoms with Crippen molar-refractivity contribution in [3.63, 3.8) is 0 Å². The van der Waals surface area contributed by atoms with Crippen molar-refractivity contribution < 1.29 is 14.4 Å². The Bertz CT molecular complexity index is 1070. The molecule has 0 bridgehead atoms. The maximum atomic E-state index is 12.6. The maximum Gasteiger partial charge on any atom is 0.334 e. The molecule has 2 heterocycles. The van der Waals surface area contributed by atoms with Crippen LogP contribution in [0.15, 0.2) is 60.0 Å². The Morgan fingerprint density at radius 1 is 0.857 bits per heavy atom. The summed E-state index contributed by atoms with van der Waals surface area (Å²) in [4.78, 5) is 43.6. The fraction of sp³-hybridized carbons (Fsp3) is 0.100. The van der Waals surface area contributed by atoms with E-state index in [0.717, 1.165) is 20.9 Å². The van der Waals surface area contributed by atoms with E-state index < -0.39 is 17.8 Å². The van der Waals surface area contributed by atoms with E-state index in [4.69, 9.17) is 11.6 Å². The average Bonchev–Trinajstić information content (AvgIpc) is 3.24. The monoisotopic (exact) mass is 411 g/mol.